The number of carboxylic acid groups (broad SMARTS) is 1. The number of anilines is 1. The molecular formula is C29H37F3N4O4. The second kappa shape index (κ2) is 12.6. The quantitative estimate of drug-likeness (QED) is 0.445. The first-order valence-corrected chi connectivity index (χ1v) is 13.1. The summed E-state index contributed by atoms with van der Waals surface area (Å²) in [5.74, 6) is -0.376. The topological polar surface area (TPSA) is 93.2 Å². The number of likely N-dealkylation sites (N-methyl/N-ethyl adjacent to an activating group) is 1. The number of hydrogen-bond donors (Lipinski definition) is 2. The Hall–Kier alpha value is -3.76. The standard InChI is InChI=1S/C29H37F3N4O4/c1-28(2,3)16-25(37)35-13-12-22-20(18-35)9-7-11-24(22)33-17-26(38)36(15-14-34(4)27(39)40)19-21-8-5-6-10-23(21)29(30,31)32/h5-11,33H,12-19H2,1-4H3,(H,39,40). The summed E-state index contributed by atoms with van der Waals surface area (Å²) in [6.07, 6.45) is -4.74. The molecule has 0 fully saturated rings. The van der Waals surface area contributed by atoms with E-state index in [1.165, 1.54) is 30.1 Å². The monoisotopic (exact) mass is 562 g/mol. The molecule has 8 nitrogen and oxygen atoms in total. The van der Waals surface area contributed by atoms with Gasteiger partial charge >= 0.3 is 12.3 Å². The zero-order valence-corrected chi connectivity index (χ0v) is 23.3. The van der Waals surface area contributed by atoms with Crippen molar-refractivity contribution in [1.29, 1.82) is 0 Å². The van der Waals surface area contributed by atoms with Gasteiger partial charge in [0, 0.05) is 51.9 Å². The molecular weight excluding hydrogens is 525 g/mol. The Balaban J connectivity index is 1.74. The molecule has 0 spiro atoms. The third-order valence-corrected chi connectivity index (χ3v) is 6.80. The Morgan fingerprint density at radius 1 is 1.02 bits per heavy atom. The molecule has 0 atom stereocenters. The van der Waals surface area contributed by atoms with Crippen molar-refractivity contribution in [2.45, 2.75) is 52.9 Å². The second-order valence-electron chi connectivity index (χ2n) is 11.3. The molecule has 1 heterocycles. The maximum atomic E-state index is 13.6. The molecule has 0 aliphatic carbocycles. The smallest absolute Gasteiger partial charge is 0.416 e. The van der Waals surface area contributed by atoms with E-state index in [1.807, 2.05) is 43.9 Å². The van der Waals surface area contributed by atoms with Gasteiger partial charge < -0.3 is 25.1 Å². The van der Waals surface area contributed by atoms with Crippen molar-refractivity contribution in [1.82, 2.24) is 14.7 Å². The molecule has 1 aliphatic heterocycles. The number of carbonyl (C=O) groups excluding carboxylic acids is 2. The van der Waals surface area contributed by atoms with Gasteiger partial charge in [0.15, 0.2) is 0 Å². The van der Waals surface area contributed by atoms with Gasteiger partial charge in [-0.1, -0.05) is 51.1 Å². The normalized spacial score (nSPS) is 13.4. The second-order valence-corrected chi connectivity index (χ2v) is 11.3. The van der Waals surface area contributed by atoms with Gasteiger partial charge in [0.2, 0.25) is 11.8 Å². The number of rotatable bonds is 9. The number of nitrogens with zero attached hydrogens (tertiary/aromatic N) is 3. The first-order valence-electron chi connectivity index (χ1n) is 13.1. The van der Waals surface area contributed by atoms with E-state index in [4.69, 9.17) is 0 Å². The third kappa shape index (κ3) is 8.37. The zero-order valence-electron chi connectivity index (χ0n) is 23.3. The molecule has 0 saturated carbocycles. The van der Waals surface area contributed by atoms with Crippen molar-refractivity contribution in [3.8, 4) is 0 Å². The molecule has 2 aromatic rings. The van der Waals surface area contributed by atoms with Gasteiger partial charge in [-0.3, -0.25) is 9.59 Å². The van der Waals surface area contributed by atoms with Crippen LogP contribution in [0, 0.1) is 5.41 Å². The van der Waals surface area contributed by atoms with Gasteiger partial charge in [0.05, 0.1) is 12.1 Å². The molecule has 40 heavy (non-hydrogen) atoms. The van der Waals surface area contributed by atoms with E-state index in [1.54, 1.807) is 0 Å². The summed E-state index contributed by atoms with van der Waals surface area (Å²) in [6.45, 7) is 6.44. The van der Waals surface area contributed by atoms with Crippen LogP contribution in [0.2, 0.25) is 0 Å². The van der Waals surface area contributed by atoms with Crippen molar-refractivity contribution < 1.29 is 32.7 Å². The summed E-state index contributed by atoms with van der Waals surface area (Å²) in [5.41, 5.74) is 1.67. The Morgan fingerprint density at radius 2 is 1.73 bits per heavy atom. The number of hydrogen-bond acceptors (Lipinski definition) is 4. The van der Waals surface area contributed by atoms with Crippen LogP contribution in [-0.2, 0) is 35.3 Å². The van der Waals surface area contributed by atoms with Gasteiger partial charge in [-0.25, -0.2) is 4.79 Å². The predicted octanol–water partition coefficient (Wildman–Crippen LogP) is 5.08. The highest BCUT2D eigenvalue weighted by atomic mass is 19.4. The average molecular weight is 563 g/mol. The Morgan fingerprint density at radius 3 is 2.38 bits per heavy atom. The van der Waals surface area contributed by atoms with Gasteiger partial charge in [-0.2, -0.15) is 13.2 Å². The van der Waals surface area contributed by atoms with Crippen LogP contribution in [0.4, 0.5) is 23.7 Å². The SMILES string of the molecule is CN(CCN(Cc1ccccc1C(F)(F)F)C(=O)CNc1cccc2c1CCN(C(=O)CC(C)(C)C)C2)C(=O)O. The van der Waals surface area contributed by atoms with Crippen molar-refractivity contribution in [3.63, 3.8) is 0 Å². The lowest BCUT2D eigenvalue weighted by Gasteiger charge is -2.32. The van der Waals surface area contributed by atoms with Crippen LogP contribution in [0.3, 0.4) is 0 Å². The number of halogens is 3. The first kappa shape index (κ1) is 30.8. The minimum Gasteiger partial charge on any atom is -0.465 e. The van der Waals surface area contributed by atoms with Crippen LogP contribution in [0.1, 0.15) is 49.4 Å². The van der Waals surface area contributed by atoms with Crippen LogP contribution in [-0.4, -0.2) is 70.9 Å². The highest BCUT2D eigenvalue weighted by Gasteiger charge is 2.34. The Bertz CT molecular complexity index is 1230. The van der Waals surface area contributed by atoms with E-state index in [9.17, 15) is 32.7 Å². The maximum absolute atomic E-state index is 13.6. The number of amides is 3. The molecule has 218 valence electrons. The van der Waals surface area contributed by atoms with E-state index in [0.29, 0.717) is 25.9 Å². The van der Waals surface area contributed by atoms with E-state index < -0.39 is 23.7 Å². The van der Waals surface area contributed by atoms with Crippen LogP contribution < -0.4 is 5.32 Å². The fourth-order valence-corrected chi connectivity index (χ4v) is 4.63. The highest BCUT2D eigenvalue weighted by Crippen LogP contribution is 2.33. The molecule has 0 unspecified atom stereocenters. The first-order chi connectivity index (χ1) is 18.7. The Kier molecular flexibility index (Phi) is 9.70. The maximum Gasteiger partial charge on any atom is 0.416 e. The summed E-state index contributed by atoms with van der Waals surface area (Å²) < 4.78 is 40.7. The van der Waals surface area contributed by atoms with Crippen LogP contribution in [0.15, 0.2) is 42.5 Å². The van der Waals surface area contributed by atoms with Crippen molar-refractivity contribution in [2.24, 2.45) is 5.41 Å². The predicted molar refractivity (Wildman–Crippen MR) is 146 cm³/mol. The minimum absolute atomic E-state index is 0.0611. The molecule has 0 saturated heterocycles. The fourth-order valence-electron chi connectivity index (χ4n) is 4.63. The largest absolute Gasteiger partial charge is 0.465 e. The minimum atomic E-state index is -4.59. The van der Waals surface area contributed by atoms with E-state index >= 15 is 0 Å². The average Bonchev–Trinajstić information content (AvgIpc) is 2.87. The molecule has 0 radical (unpaired) electrons. The van der Waals surface area contributed by atoms with E-state index in [2.05, 4.69) is 5.32 Å². The number of alkyl halides is 3. The lowest BCUT2D eigenvalue weighted by Crippen LogP contribution is -2.41. The van der Waals surface area contributed by atoms with E-state index in [0.717, 1.165) is 27.8 Å². The molecule has 1 aliphatic rings. The summed E-state index contributed by atoms with van der Waals surface area (Å²) in [6, 6.07) is 10.7. The van der Waals surface area contributed by atoms with Crippen LogP contribution >= 0.6 is 0 Å². The van der Waals surface area contributed by atoms with Crippen molar-refractivity contribution in [3.05, 3.63) is 64.7 Å². The van der Waals surface area contributed by atoms with Gasteiger partial charge in [-0.05, 0) is 40.7 Å². The van der Waals surface area contributed by atoms with Crippen LogP contribution in [0.25, 0.3) is 0 Å². The fraction of sp³-hybridized carbons (Fsp3) is 0.483. The summed E-state index contributed by atoms with van der Waals surface area (Å²) >= 11 is 0. The summed E-state index contributed by atoms with van der Waals surface area (Å²) in [7, 11) is 1.33. The molecule has 0 aromatic heterocycles. The van der Waals surface area contributed by atoms with Gasteiger partial charge in [-0.15, -0.1) is 0 Å². The zero-order chi connectivity index (χ0) is 29.7. The lowest BCUT2D eigenvalue weighted by molar-refractivity contribution is -0.139. The number of fused-ring (bicyclic) bond motifs is 1. The van der Waals surface area contributed by atoms with Crippen LogP contribution in [0.5, 0.6) is 0 Å². The molecule has 2 N–H and O–H groups in total. The molecule has 3 amide bonds. The van der Waals surface area contributed by atoms with Crippen molar-refractivity contribution in [2.75, 3.05) is 38.5 Å². The van der Waals surface area contributed by atoms with Gasteiger partial charge in [0.25, 0.3) is 0 Å². The molecule has 0 bridgehead atoms. The summed E-state index contributed by atoms with van der Waals surface area (Å²) in [5, 5.41) is 12.3. The number of carbonyl (C=O) groups is 3. The molecule has 3 rings (SSSR count). The molecule has 11 heteroatoms. The lowest BCUT2D eigenvalue weighted by atomic mass is 9.90. The number of benzene rings is 2. The van der Waals surface area contributed by atoms with Crippen molar-refractivity contribution >= 4 is 23.6 Å². The summed E-state index contributed by atoms with van der Waals surface area (Å²) in [4.78, 5) is 41.3. The highest BCUT2D eigenvalue weighted by molar-refractivity contribution is 5.82. The van der Waals surface area contributed by atoms with E-state index in [-0.39, 0.29) is 43.1 Å². The van der Waals surface area contributed by atoms with Gasteiger partial charge in [0.1, 0.15) is 0 Å². The third-order valence-electron chi connectivity index (χ3n) is 6.80. The molecule has 2 aromatic carbocycles. The number of nitrogens with one attached hydrogen (secondary N) is 1. The Labute approximate surface area is 232 Å².